The second-order valence-corrected chi connectivity index (χ2v) is 6.60. The number of carbonyl (C=O) groups excluding carboxylic acids is 2. The number of rotatable bonds is 6. The summed E-state index contributed by atoms with van der Waals surface area (Å²) < 4.78 is 19.7. The lowest BCUT2D eigenvalue weighted by molar-refractivity contribution is -0.139. The first-order valence-electron chi connectivity index (χ1n) is 9.16. The smallest absolute Gasteiger partial charge is 0.295 e. The number of nitrogens with zero attached hydrogens (tertiary/aromatic N) is 1. The lowest BCUT2D eigenvalue weighted by Crippen LogP contribution is -2.31. The summed E-state index contributed by atoms with van der Waals surface area (Å²) in [5.41, 5.74) is 0.444. The molecule has 1 N–H and O–H groups in total. The maximum Gasteiger partial charge on any atom is 0.295 e. The molecule has 0 bridgehead atoms. The van der Waals surface area contributed by atoms with Gasteiger partial charge in [-0.25, -0.2) is 4.39 Å². The summed E-state index contributed by atoms with van der Waals surface area (Å²) in [4.78, 5) is 26.7. The predicted molar refractivity (Wildman–Crippen MR) is 103 cm³/mol. The van der Waals surface area contributed by atoms with Gasteiger partial charge in [-0.05, 0) is 36.8 Å². The molecule has 0 unspecified atom stereocenters. The second-order valence-electron chi connectivity index (χ2n) is 6.60. The standard InChI is InChI=1S/C22H22FNO4/c1-3-4-13-24-19(16-7-5-6-8-17(16)23)18(21(26)22(24)27)20(25)14-9-11-15(28-2)12-10-14/h5-12,19,25H,3-4,13H2,1-2H3/t19-/m0/s1. The second kappa shape index (κ2) is 8.25. The molecular weight excluding hydrogens is 361 g/mol. The van der Waals surface area contributed by atoms with Crippen LogP contribution in [0.5, 0.6) is 5.75 Å². The van der Waals surface area contributed by atoms with Gasteiger partial charge < -0.3 is 14.7 Å². The molecule has 6 heteroatoms. The number of unbranched alkanes of at least 4 members (excludes halogenated alkanes) is 1. The van der Waals surface area contributed by atoms with Crippen LogP contribution in [0.25, 0.3) is 5.76 Å². The number of halogens is 1. The fourth-order valence-electron chi connectivity index (χ4n) is 3.36. The summed E-state index contributed by atoms with van der Waals surface area (Å²) in [6.45, 7) is 2.27. The minimum absolute atomic E-state index is 0.101. The Hall–Kier alpha value is -3.15. The van der Waals surface area contributed by atoms with Gasteiger partial charge in [0.2, 0.25) is 0 Å². The van der Waals surface area contributed by atoms with Gasteiger partial charge in [0, 0.05) is 17.7 Å². The van der Waals surface area contributed by atoms with Crippen molar-refractivity contribution in [3.63, 3.8) is 0 Å². The third-order valence-electron chi connectivity index (χ3n) is 4.86. The molecule has 0 aliphatic carbocycles. The first kappa shape index (κ1) is 19.6. The SMILES string of the molecule is CCCCN1C(=O)C(=O)C(=C(O)c2ccc(OC)cc2)[C@@H]1c1ccccc1F. The Morgan fingerprint density at radius 1 is 1.14 bits per heavy atom. The summed E-state index contributed by atoms with van der Waals surface area (Å²) in [6.07, 6.45) is 1.48. The summed E-state index contributed by atoms with van der Waals surface area (Å²) in [6, 6.07) is 11.5. The van der Waals surface area contributed by atoms with Gasteiger partial charge in [-0.15, -0.1) is 0 Å². The van der Waals surface area contributed by atoms with Crippen molar-refractivity contribution in [1.82, 2.24) is 4.90 Å². The number of likely N-dealkylation sites (tertiary alicyclic amines) is 1. The van der Waals surface area contributed by atoms with Crippen LogP contribution in [-0.4, -0.2) is 35.4 Å². The molecule has 1 saturated heterocycles. The molecule has 1 amide bonds. The molecule has 1 atom stereocenters. The van der Waals surface area contributed by atoms with Crippen LogP contribution < -0.4 is 4.74 Å². The van der Waals surface area contributed by atoms with Crippen molar-refractivity contribution in [1.29, 1.82) is 0 Å². The van der Waals surface area contributed by atoms with E-state index in [2.05, 4.69) is 0 Å². The topological polar surface area (TPSA) is 66.8 Å². The molecule has 28 heavy (non-hydrogen) atoms. The van der Waals surface area contributed by atoms with E-state index in [-0.39, 0.29) is 16.9 Å². The Morgan fingerprint density at radius 3 is 2.43 bits per heavy atom. The van der Waals surface area contributed by atoms with E-state index in [0.717, 1.165) is 6.42 Å². The molecule has 1 fully saturated rings. The molecule has 0 radical (unpaired) electrons. The zero-order valence-electron chi connectivity index (χ0n) is 15.8. The van der Waals surface area contributed by atoms with Crippen LogP contribution in [0.1, 0.15) is 36.9 Å². The molecule has 0 spiro atoms. The first-order chi connectivity index (χ1) is 13.5. The number of benzene rings is 2. The number of aliphatic hydroxyl groups is 1. The normalized spacial score (nSPS) is 18.5. The quantitative estimate of drug-likeness (QED) is 0.464. The fourth-order valence-corrected chi connectivity index (χ4v) is 3.36. The van der Waals surface area contributed by atoms with Gasteiger partial charge in [0.1, 0.15) is 17.3 Å². The molecule has 2 aromatic carbocycles. The zero-order chi connectivity index (χ0) is 20.3. The molecule has 0 saturated carbocycles. The predicted octanol–water partition coefficient (Wildman–Crippen LogP) is 4.06. The summed E-state index contributed by atoms with van der Waals surface area (Å²) in [5.74, 6) is -1.80. The molecule has 1 aliphatic heterocycles. The number of carbonyl (C=O) groups is 2. The maximum absolute atomic E-state index is 14.6. The Labute approximate surface area is 163 Å². The number of Topliss-reactive ketones (excluding diaryl/α,β-unsaturated/α-hetero) is 1. The average Bonchev–Trinajstić information content (AvgIpc) is 2.96. The highest BCUT2D eigenvalue weighted by Crippen LogP contribution is 2.40. The van der Waals surface area contributed by atoms with E-state index in [4.69, 9.17) is 4.74 Å². The largest absolute Gasteiger partial charge is 0.507 e. The maximum atomic E-state index is 14.6. The van der Waals surface area contributed by atoms with Crippen LogP contribution in [0.2, 0.25) is 0 Å². The highest BCUT2D eigenvalue weighted by atomic mass is 19.1. The van der Waals surface area contributed by atoms with E-state index in [9.17, 15) is 19.1 Å². The molecule has 1 heterocycles. The zero-order valence-corrected chi connectivity index (χ0v) is 15.8. The Balaban J connectivity index is 2.16. The van der Waals surface area contributed by atoms with Crippen molar-refractivity contribution in [2.45, 2.75) is 25.8 Å². The van der Waals surface area contributed by atoms with E-state index in [1.807, 2.05) is 6.92 Å². The lowest BCUT2D eigenvalue weighted by atomic mass is 9.95. The Morgan fingerprint density at radius 2 is 1.82 bits per heavy atom. The van der Waals surface area contributed by atoms with Gasteiger partial charge in [0.05, 0.1) is 18.7 Å². The van der Waals surface area contributed by atoms with Crippen molar-refractivity contribution in [3.8, 4) is 5.75 Å². The minimum Gasteiger partial charge on any atom is -0.507 e. The van der Waals surface area contributed by atoms with Crippen LogP contribution >= 0.6 is 0 Å². The van der Waals surface area contributed by atoms with Crippen LogP contribution in [-0.2, 0) is 9.59 Å². The number of aliphatic hydroxyl groups excluding tert-OH is 1. The molecule has 5 nitrogen and oxygen atoms in total. The number of hydrogen-bond acceptors (Lipinski definition) is 4. The molecule has 146 valence electrons. The third kappa shape index (κ3) is 3.50. The van der Waals surface area contributed by atoms with Crippen molar-refractivity contribution >= 4 is 17.4 Å². The highest BCUT2D eigenvalue weighted by molar-refractivity contribution is 6.46. The van der Waals surface area contributed by atoms with Gasteiger partial charge in [0.25, 0.3) is 11.7 Å². The van der Waals surface area contributed by atoms with Gasteiger partial charge in [-0.1, -0.05) is 31.5 Å². The van der Waals surface area contributed by atoms with E-state index >= 15 is 0 Å². The van der Waals surface area contributed by atoms with Crippen molar-refractivity contribution < 1.29 is 23.8 Å². The summed E-state index contributed by atoms with van der Waals surface area (Å²) in [7, 11) is 1.52. The van der Waals surface area contributed by atoms with Crippen molar-refractivity contribution in [3.05, 3.63) is 71.0 Å². The van der Waals surface area contributed by atoms with Crippen LogP contribution in [0, 0.1) is 5.82 Å². The summed E-state index contributed by atoms with van der Waals surface area (Å²) in [5, 5.41) is 10.9. The average molecular weight is 383 g/mol. The van der Waals surface area contributed by atoms with E-state index in [0.29, 0.717) is 24.3 Å². The number of methoxy groups -OCH3 is 1. The van der Waals surface area contributed by atoms with Gasteiger partial charge in [0.15, 0.2) is 0 Å². The third-order valence-corrected chi connectivity index (χ3v) is 4.86. The van der Waals surface area contributed by atoms with Crippen molar-refractivity contribution in [2.24, 2.45) is 0 Å². The van der Waals surface area contributed by atoms with Crippen LogP contribution in [0.4, 0.5) is 4.39 Å². The van der Waals surface area contributed by atoms with Gasteiger partial charge in [-0.2, -0.15) is 0 Å². The lowest BCUT2D eigenvalue weighted by Gasteiger charge is -2.25. The number of ether oxygens (including phenoxy) is 1. The monoisotopic (exact) mass is 383 g/mol. The molecular formula is C22H22FNO4. The highest BCUT2D eigenvalue weighted by Gasteiger charge is 2.46. The number of ketones is 1. The Kier molecular flexibility index (Phi) is 5.78. The number of amides is 1. The van der Waals surface area contributed by atoms with Gasteiger partial charge >= 0.3 is 0 Å². The number of hydrogen-bond donors (Lipinski definition) is 1. The molecule has 1 aliphatic rings. The molecule has 0 aromatic heterocycles. The molecule has 3 rings (SSSR count). The fraction of sp³-hybridized carbons (Fsp3) is 0.273. The van der Waals surface area contributed by atoms with E-state index < -0.39 is 23.5 Å². The van der Waals surface area contributed by atoms with Gasteiger partial charge in [-0.3, -0.25) is 9.59 Å². The Bertz CT molecular complexity index is 920. The van der Waals surface area contributed by atoms with E-state index in [1.54, 1.807) is 36.4 Å². The van der Waals surface area contributed by atoms with E-state index in [1.165, 1.54) is 24.1 Å². The summed E-state index contributed by atoms with van der Waals surface area (Å²) >= 11 is 0. The first-order valence-corrected chi connectivity index (χ1v) is 9.16. The molecule has 2 aromatic rings. The minimum atomic E-state index is -0.963. The van der Waals surface area contributed by atoms with Crippen LogP contribution in [0.15, 0.2) is 54.1 Å². The van der Waals surface area contributed by atoms with Crippen molar-refractivity contribution in [2.75, 3.05) is 13.7 Å². The van der Waals surface area contributed by atoms with Crippen LogP contribution in [0.3, 0.4) is 0 Å².